The van der Waals surface area contributed by atoms with Crippen molar-refractivity contribution in [1.82, 2.24) is 0 Å². The van der Waals surface area contributed by atoms with E-state index in [4.69, 9.17) is 11.6 Å². The predicted octanol–water partition coefficient (Wildman–Crippen LogP) is 4.56. The summed E-state index contributed by atoms with van der Waals surface area (Å²) in [5.74, 6) is 1.94. The van der Waals surface area contributed by atoms with Crippen molar-refractivity contribution in [3.63, 3.8) is 0 Å². The average molecular weight is 280 g/mol. The zero-order valence-corrected chi connectivity index (χ0v) is 10.5. The van der Waals surface area contributed by atoms with Crippen molar-refractivity contribution in [2.75, 3.05) is 11.6 Å². The first-order chi connectivity index (χ1) is 6.33. The third-order valence-corrected chi connectivity index (χ3v) is 3.50. The molecule has 0 atom stereocenters. The second kappa shape index (κ2) is 6.74. The molecule has 0 radical (unpaired) electrons. The van der Waals surface area contributed by atoms with Crippen LogP contribution in [0.15, 0.2) is 33.6 Å². The van der Waals surface area contributed by atoms with Crippen LogP contribution in [-0.4, -0.2) is 11.6 Å². The lowest BCUT2D eigenvalue weighted by Gasteiger charge is -2.00. The summed E-state index contributed by atoms with van der Waals surface area (Å²) in [6.45, 7) is 0. The van der Waals surface area contributed by atoms with E-state index < -0.39 is 0 Å². The molecule has 72 valence electrons. The maximum absolute atomic E-state index is 5.59. The van der Waals surface area contributed by atoms with Gasteiger partial charge in [-0.05, 0) is 42.9 Å². The molecule has 0 amide bonds. The second-order valence-corrected chi connectivity index (χ2v) is 5.16. The molecule has 0 saturated carbocycles. The van der Waals surface area contributed by atoms with Crippen LogP contribution in [0.1, 0.15) is 12.8 Å². The maximum Gasteiger partial charge on any atom is 0.0223 e. The topological polar surface area (TPSA) is 0 Å². The molecule has 0 saturated heterocycles. The minimum absolute atomic E-state index is 0.779. The lowest BCUT2D eigenvalue weighted by molar-refractivity contribution is 0.903. The molecular formula is C10H12BrClS. The molecule has 0 spiro atoms. The molecule has 3 heteroatoms. The van der Waals surface area contributed by atoms with Crippen LogP contribution in [0.2, 0.25) is 0 Å². The summed E-state index contributed by atoms with van der Waals surface area (Å²) in [7, 11) is 0. The Morgan fingerprint density at radius 1 is 1.15 bits per heavy atom. The number of benzene rings is 1. The van der Waals surface area contributed by atoms with Gasteiger partial charge >= 0.3 is 0 Å². The highest BCUT2D eigenvalue weighted by Gasteiger charge is 1.93. The zero-order valence-electron chi connectivity index (χ0n) is 7.30. The molecular weight excluding hydrogens is 268 g/mol. The standard InChI is InChI=1S/C10H12BrClS/c11-9-3-5-10(6-4-9)13-8-2-1-7-12/h3-6H,1-2,7-8H2. The van der Waals surface area contributed by atoms with E-state index in [2.05, 4.69) is 40.2 Å². The van der Waals surface area contributed by atoms with E-state index in [9.17, 15) is 0 Å². The van der Waals surface area contributed by atoms with Crippen molar-refractivity contribution in [2.24, 2.45) is 0 Å². The smallest absolute Gasteiger partial charge is 0.0223 e. The Morgan fingerprint density at radius 2 is 1.85 bits per heavy atom. The van der Waals surface area contributed by atoms with Gasteiger partial charge in [0.2, 0.25) is 0 Å². The van der Waals surface area contributed by atoms with E-state index in [1.54, 1.807) is 0 Å². The van der Waals surface area contributed by atoms with Gasteiger partial charge in [-0.25, -0.2) is 0 Å². The Labute approximate surface area is 97.2 Å². The molecule has 1 rings (SSSR count). The molecule has 0 fully saturated rings. The first-order valence-corrected chi connectivity index (χ1v) is 6.58. The van der Waals surface area contributed by atoms with Crippen LogP contribution in [0.5, 0.6) is 0 Å². The fourth-order valence-corrected chi connectivity index (χ4v) is 2.28. The molecule has 0 heterocycles. The van der Waals surface area contributed by atoms with Crippen molar-refractivity contribution in [3.8, 4) is 0 Å². The molecule has 0 aliphatic heterocycles. The van der Waals surface area contributed by atoms with E-state index in [1.807, 2.05) is 11.8 Å². The average Bonchev–Trinajstić information content (AvgIpc) is 2.15. The Bertz CT molecular complexity index is 235. The number of hydrogen-bond acceptors (Lipinski definition) is 1. The van der Waals surface area contributed by atoms with E-state index in [0.29, 0.717) is 0 Å². The van der Waals surface area contributed by atoms with Crippen LogP contribution >= 0.6 is 39.3 Å². The van der Waals surface area contributed by atoms with E-state index in [1.165, 1.54) is 11.3 Å². The number of thioether (sulfide) groups is 1. The van der Waals surface area contributed by atoms with Gasteiger partial charge in [0.25, 0.3) is 0 Å². The molecule has 0 aliphatic carbocycles. The van der Waals surface area contributed by atoms with Crippen molar-refractivity contribution in [3.05, 3.63) is 28.7 Å². The SMILES string of the molecule is ClCCCCSc1ccc(Br)cc1. The van der Waals surface area contributed by atoms with Crippen LogP contribution in [0.25, 0.3) is 0 Å². The van der Waals surface area contributed by atoms with Gasteiger partial charge in [-0.2, -0.15) is 0 Å². The van der Waals surface area contributed by atoms with Crippen LogP contribution in [-0.2, 0) is 0 Å². The summed E-state index contributed by atoms with van der Waals surface area (Å²) < 4.78 is 1.14. The lowest BCUT2D eigenvalue weighted by Crippen LogP contribution is -1.81. The van der Waals surface area contributed by atoms with Crippen LogP contribution < -0.4 is 0 Å². The number of hydrogen-bond donors (Lipinski definition) is 0. The minimum Gasteiger partial charge on any atom is -0.127 e. The van der Waals surface area contributed by atoms with Crippen LogP contribution in [0.3, 0.4) is 0 Å². The molecule has 0 bridgehead atoms. The normalized spacial score (nSPS) is 10.3. The summed E-state index contributed by atoms with van der Waals surface area (Å²) in [6.07, 6.45) is 2.31. The predicted molar refractivity (Wildman–Crippen MR) is 64.8 cm³/mol. The molecule has 0 aromatic heterocycles. The van der Waals surface area contributed by atoms with Gasteiger partial charge in [0.1, 0.15) is 0 Å². The lowest BCUT2D eigenvalue weighted by atomic mass is 10.4. The molecule has 0 nitrogen and oxygen atoms in total. The fourth-order valence-electron chi connectivity index (χ4n) is 0.917. The van der Waals surface area contributed by atoms with Crippen molar-refractivity contribution in [1.29, 1.82) is 0 Å². The van der Waals surface area contributed by atoms with Gasteiger partial charge in [0.05, 0.1) is 0 Å². The third kappa shape index (κ3) is 4.94. The first-order valence-electron chi connectivity index (χ1n) is 4.27. The Morgan fingerprint density at radius 3 is 2.46 bits per heavy atom. The Kier molecular flexibility index (Phi) is 5.92. The summed E-state index contributed by atoms with van der Waals surface area (Å²) in [6, 6.07) is 8.42. The van der Waals surface area contributed by atoms with Gasteiger partial charge in [-0.1, -0.05) is 15.9 Å². The Balaban J connectivity index is 2.25. The molecule has 0 N–H and O–H groups in total. The van der Waals surface area contributed by atoms with E-state index in [-0.39, 0.29) is 0 Å². The monoisotopic (exact) mass is 278 g/mol. The second-order valence-electron chi connectivity index (χ2n) is 2.70. The molecule has 0 unspecified atom stereocenters. The fraction of sp³-hybridized carbons (Fsp3) is 0.400. The van der Waals surface area contributed by atoms with Gasteiger partial charge in [0, 0.05) is 15.2 Å². The number of unbranched alkanes of at least 4 members (excludes halogenated alkanes) is 1. The largest absolute Gasteiger partial charge is 0.127 e. The zero-order chi connectivity index (χ0) is 9.52. The van der Waals surface area contributed by atoms with Crippen LogP contribution in [0.4, 0.5) is 0 Å². The van der Waals surface area contributed by atoms with Gasteiger partial charge in [-0.15, -0.1) is 23.4 Å². The molecule has 1 aromatic carbocycles. The highest BCUT2D eigenvalue weighted by Crippen LogP contribution is 2.21. The summed E-state index contributed by atoms with van der Waals surface area (Å²) in [5.41, 5.74) is 0. The first kappa shape index (κ1) is 11.4. The quantitative estimate of drug-likeness (QED) is 0.432. The summed E-state index contributed by atoms with van der Waals surface area (Å²) in [4.78, 5) is 1.33. The highest BCUT2D eigenvalue weighted by atomic mass is 79.9. The van der Waals surface area contributed by atoms with E-state index in [0.717, 1.165) is 22.5 Å². The molecule has 0 aliphatic rings. The maximum atomic E-state index is 5.59. The third-order valence-electron chi connectivity index (χ3n) is 1.61. The number of halogens is 2. The Hall–Kier alpha value is 0.340. The minimum atomic E-state index is 0.779. The number of alkyl halides is 1. The van der Waals surface area contributed by atoms with Crippen molar-refractivity contribution >= 4 is 39.3 Å². The van der Waals surface area contributed by atoms with Crippen LogP contribution in [0, 0.1) is 0 Å². The molecule has 13 heavy (non-hydrogen) atoms. The van der Waals surface area contributed by atoms with E-state index >= 15 is 0 Å². The van der Waals surface area contributed by atoms with Crippen molar-refractivity contribution < 1.29 is 0 Å². The highest BCUT2D eigenvalue weighted by molar-refractivity contribution is 9.10. The van der Waals surface area contributed by atoms with Gasteiger partial charge in [-0.3, -0.25) is 0 Å². The van der Waals surface area contributed by atoms with Crippen molar-refractivity contribution in [2.45, 2.75) is 17.7 Å². The van der Waals surface area contributed by atoms with Gasteiger partial charge < -0.3 is 0 Å². The molecule has 1 aromatic rings. The van der Waals surface area contributed by atoms with Gasteiger partial charge in [0.15, 0.2) is 0 Å². The summed E-state index contributed by atoms with van der Waals surface area (Å²) >= 11 is 10.9. The summed E-state index contributed by atoms with van der Waals surface area (Å²) in [5, 5.41) is 0. The number of rotatable bonds is 5.